The SMILES string of the molecule is Cc1ccc(-n2cc(C(N)=O)cn2)c(C(=O)O)c1. The number of nitrogens with zero attached hydrogens (tertiary/aromatic N) is 2. The maximum Gasteiger partial charge on any atom is 0.337 e. The first-order valence-electron chi connectivity index (χ1n) is 5.18. The van der Waals surface area contributed by atoms with Gasteiger partial charge >= 0.3 is 5.97 Å². The minimum atomic E-state index is -1.05. The fourth-order valence-electron chi connectivity index (χ4n) is 1.60. The van der Waals surface area contributed by atoms with Crippen molar-refractivity contribution in [2.75, 3.05) is 0 Å². The molecule has 0 aliphatic carbocycles. The number of carboxylic acids is 1. The molecule has 1 aromatic heterocycles. The summed E-state index contributed by atoms with van der Waals surface area (Å²) >= 11 is 0. The summed E-state index contributed by atoms with van der Waals surface area (Å²) in [6.07, 6.45) is 2.70. The molecule has 92 valence electrons. The van der Waals surface area contributed by atoms with Crippen LogP contribution in [0.4, 0.5) is 0 Å². The molecule has 2 rings (SSSR count). The molecule has 2 aromatic rings. The molecule has 0 saturated heterocycles. The van der Waals surface area contributed by atoms with Crippen molar-refractivity contribution in [3.8, 4) is 5.69 Å². The summed E-state index contributed by atoms with van der Waals surface area (Å²) in [5.74, 6) is -1.66. The largest absolute Gasteiger partial charge is 0.478 e. The van der Waals surface area contributed by atoms with Crippen LogP contribution in [0.25, 0.3) is 5.69 Å². The van der Waals surface area contributed by atoms with E-state index in [2.05, 4.69) is 5.10 Å². The zero-order chi connectivity index (χ0) is 13.3. The number of aryl methyl sites for hydroxylation is 1. The number of carboxylic acid groups (broad SMARTS) is 1. The number of aromatic nitrogens is 2. The summed E-state index contributed by atoms with van der Waals surface area (Å²) in [6.45, 7) is 1.80. The Labute approximate surface area is 103 Å². The fraction of sp³-hybridized carbons (Fsp3) is 0.0833. The number of amides is 1. The lowest BCUT2D eigenvalue weighted by molar-refractivity contribution is 0.0696. The van der Waals surface area contributed by atoms with Crippen LogP contribution in [0, 0.1) is 6.92 Å². The van der Waals surface area contributed by atoms with Gasteiger partial charge in [-0.15, -0.1) is 0 Å². The molecule has 6 heteroatoms. The second-order valence-electron chi connectivity index (χ2n) is 3.86. The van der Waals surface area contributed by atoms with Gasteiger partial charge in [0.1, 0.15) is 0 Å². The number of hydrogen-bond donors (Lipinski definition) is 2. The highest BCUT2D eigenvalue weighted by molar-refractivity contribution is 5.93. The first-order valence-corrected chi connectivity index (χ1v) is 5.18. The summed E-state index contributed by atoms with van der Waals surface area (Å²) in [7, 11) is 0. The minimum Gasteiger partial charge on any atom is -0.478 e. The predicted octanol–water partition coefficient (Wildman–Crippen LogP) is 0.978. The second kappa shape index (κ2) is 4.33. The van der Waals surface area contributed by atoms with E-state index in [1.165, 1.54) is 17.1 Å². The first kappa shape index (κ1) is 11.8. The van der Waals surface area contributed by atoms with Crippen molar-refractivity contribution in [1.82, 2.24) is 9.78 Å². The predicted molar refractivity (Wildman–Crippen MR) is 63.8 cm³/mol. The molecule has 3 N–H and O–H groups in total. The highest BCUT2D eigenvalue weighted by Crippen LogP contribution is 2.16. The van der Waals surface area contributed by atoms with Crippen molar-refractivity contribution in [1.29, 1.82) is 0 Å². The van der Waals surface area contributed by atoms with Gasteiger partial charge in [0.15, 0.2) is 0 Å². The standard InChI is InChI=1S/C12H11N3O3/c1-7-2-3-10(9(4-7)12(17)18)15-6-8(5-14-15)11(13)16/h2-6H,1H3,(H2,13,16)(H,17,18). The Bertz CT molecular complexity index is 631. The Kier molecular flexibility index (Phi) is 2.85. The van der Waals surface area contributed by atoms with Gasteiger partial charge in [-0.2, -0.15) is 5.10 Å². The van der Waals surface area contributed by atoms with Crippen LogP contribution >= 0.6 is 0 Å². The topological polar surface area (TPSA) is 98.2 Å². The molecule has 0 unspecified atom stereocenters. The van der Waals surface area contributed by atoms with Gasteiger partial charge in [0, 0.05) is 6.20 Å². The quantitative estimate of drug-likeness (QED) is 0.841. The van der Waals surface area contributed by atoms with Crippen molar-refractivity contribution in [3.05, 3.63) is 47.3 Å². The molecule has 1 amide bonds. The number of rotatable bonds is 3. The minimum absolute atomic E-state index is 0.120. The summed E-state index contributed by atoms with van der Waals surface area (Å²) < 4.78 is 1.32. The van der Waals surface area contributed by atoms with Crippen LogP contribution in [0.1, 0.15) is 26.3 Å². The van der Waals surface area contributed by atoms with Gasteiger partial charge in [0.2, 0.25) is 0 Å². The molecular formula is C12H11N3O3. The van der Waals surface area contributed by atoms with Gasteiger partial charge in [0.25, 0.3) is 5.91 Å². The zero-order valence-electron chi connectivity index (χ0n) is 9.62. The fourth-order valence-corrected chi connectivity index (χ4v) is 1.60. The third-order valence-corrected chi connectivity index (χ3v) is 2.50. The molecule has 1 heterocycles. The third kappa shape index (κ3) is 2.08. The Morgan fingerprint density at radius 1 is 1.39 bits per heavy atom. The van der Waals surface area contributed by atoms with Crippen molar-refractivity contribution in [2.45, 2.75) is 6.92 Å². The van der Waals surface area contributed by atoms with Gasteiger partial charge in [-0.3, -0.25) is 4.79 Å². The number of carbonyl (C=O) groups excluding carboxylic acids is 1. The molecule has 1 aromatic carbocycles. The van der Waals surface area contributed by atoms with E-state index >= 15 is 0 Å². The van der Waals surface area contributed by atoms with E-state index in [0.717, 1.165) is 5.56 Å². The van der Waals surface area contributed by atoms with Crippen LogP contribution in [0.2, 0.25) is 0 Å². The molecule has 0 saturated carbocycles. The van der Waals surface area contributed by atoms with Gasteiger partial charge in [-0.25, -0.2) is 9.48 Å². The molecule has 0 aliphatic heterocycles. The molecule has 0 aliphatic rings. The van der Waals surface area contributed by atoms with E-state index in [0.29, 0.717) is 5.69 Å². The van der Waals surface area contributed by atoms with Crippen molar-refractivity contribution in [3.63, 3.8) is 0 Å². The summed E-state index contributed by atoms with van der Waals surface area (Å²) in [5.41, 5.74) is 6.69. The Balaban J connectivity index is 2.55. The molecule has 0 radical (unpaired) electrons. The zero-order valence-corrected chi connectivity index (χ0v) is 9.62. The summed E-state index contributed by atoms with van der Waals surface area (Å²) in [5, 5.41) is 13.1. The smallest absolute Gasteiger partial charge is 0.337 e. The Morgan fingerprint density at radius 3 is 2.67 bits per heavy atom. The highest BCUT2D eigenvalue weighted by Gasteiger charge is 2.13. The van der Waals surface area contributed by atoms with Crippen LogP contribution in [0.3, 0.4) is 0 Å². The van der Waals surface area contributed by atoms with E-state index < -0.39 is 11.9 Å². The Hall–Kier alpha value is -2.63. The number of carbonyl (C=O) groups is 2. The summed E-state index contributed by atoms with van der Waals surface area (Å²) in [6, 6.07) is 4.95. The van der Waals surface area contributed by atoms with Crippen LogP contribution in [-0.2, 0) is 0 Å². The normalized spacial score (nSPS) is 10.3. The molecule has 0 bridgehead atoms. The van der Waals surface area contributed by atoms with Crippen molar-refractivity contribution >= 4 is 11.9 Å². The molecule has 0 fully saturated rings. The van der Waals surface area contributed by atoms with E-state index in [4.69, 9.17) is 10.8 Å². The average Bonchev–Trinajstić information content (AvgIpc) is 2.78. The highest BCUT2D eigenvalue weighted by atomic mass is 16.4. The van der Waals surface area contributed by atoms with Gasteiger partial charge < -0.3 is 10.8 Å². The molecule has 18 heavy (non-hydrogen) atoms. The first-order chi connectivity index (χ1) is 8.49. The van der Waals surface area contributed by atoms with Gasteiger partial charge in [-0.05, 0) is 19.1 Å². The number of aromatic carboxylic acids is 1. The van der Waals surface area contributed by atoms with Crippen LogP contribution in [0.15, 0.2) is 30.6 Å². The third-order valence-electron chi connectivity index (χ3n) is 2.50. The van der Waals surface area contributed by atoms with Crippen molar-refractivity contribution < 1.29 is 14.7 Å². The monoisotopic (exact) mass is 245 g/mol. The number of hydrogen-bond acceptors (Lipinski definition) is 3. The molecule has 0 spiro atoms. The molecular weight excluding hydrogens is 234 g/mol. The lowest BCUT2D eigenvalue weighted by Gasteiger charge is -2.06. The lowest BCUT2D eigenvalue weighted by Crippen LogP contribution is -2.10. The average molecular weight is 245 g/mol. The van der Waals surface area contributed by atoms with E-state index in [1.807, 2.05) is 0 Å². The molecule has 6 nitrogen and oxygen atoms in total. The van der Waals surface area contributed by atoms with Crippen molar-refractivity contribution in [2.24, 2.45) is 5.73 Å². The molecule has 0 atom stereocenters. The van der Waals surface area contributed by atoms with E-state index in [9.17, 15) is 9.59 Å². The Morgan fingerprint density at radius 2 is 2.11 bits per heavy atom. The second-order valence-corrected chi connectivity index (χ2v) is 3.86. The van der Waals surface area contributed by atoms with Crippen LogP contribution in [-0.4, -0.2) is 26.8 Å². The van der Waals surface area contributed by atoms with E-state index in [1.54, 1.807) is 25.1 Å². The number of nitrogens with two attached hydrogens (primary N) is 1. The summed E-state index contributed by atoms with van der Waals surface area (Å²) in [4.78, 5) is 22.1. The van der Waals surface area contributed by atoms with Gasteiger partial charge in [0.05, 0.1) is 23.0 Å². The number of primary amides is 1. The maximum atomic E-state index is 11.2. The van der Waals surface area contributed by atoms with E-state index in [-0.39, 0.29) is 11.1 Å². The maximum absolute atomic E-state index is 11.2. The van der Waals surface area contributed by atoms with Crippen LogP contribution in [0.5, 0.6) is 0 Å². The van der Waals surface area contributed by atoms with Gasteiger partial charge in [-0.1, -0.05) is 11.6 Å². The van der Waals surface area contributed by atoms with Crippen LogP contribution < -0.4 is 5.73 Å². The lowest BCUT2D eigenvalue weighted by atomic mass is 10.1. The number of benzene rings is 1.